The summed E-state index contributed by atoms with van der Waals surface area (Å²) in [7, 11) is 1.50. The number of hydrogen-bond acceptors (Lipinski definition) is 4. The topological polar surface area (TPSA) is 28.2 Å². The summed E-state index contributed by atoms with van der Waals surface area (Å²) in [4.78, 5) is 6.94. The van der Waals surface area contributed by atoms with Crippen LogP contribution in [0.3, 0.4) is 0 Å². The van der Waals surface area contributed by atoms with Crippen molar-refractivity contribution in [1.29, 1.82) is 0 Å². The molecule has 0 aromatic carbocycles. The monoisotopic (exact) mass is 491 g/mol. The predicted molar refractivity (Wildman–Crippen MR) is 130 cm³/mol. The first-order valence-electron chi connectivity index (χ1n) is 10.1. The van der Waals surface area contributed by atoms with E-state index in [9.17, 15) is 0 Å². The van der Waals surface area contributed by atoms with E-state index in [0.29, 0.717) is 0 Å². The zero-order valence-corrected chi connectivity index (χ0v) is 20.9. The maximum absolute atomic E-state index is 4.53. The number of aromatic nitrogens is 1. The lowest BCUT2D eigenvalue weighted by molar-refractivity contribution is 0.533. The maximum atomic E-state index is 4.53. The first kappa shape index (κ1) is 27.8. The number of nitrogens with zero attached hydrogens (tertiary/aromatic N) is 2. The Hall–Kier alpha value is -0.450. The minimum Gasteiger partial charge on any atom is -0.356 e. The summed E-state index contributed by atoms with van der Waals surface area (Å²) in [5.41, 5.74) is 0.990. The van der Waals surface area contributed by atoms with Gasteiger partial charge in [-0.25, -0.2) is 4.98 Å². The third kappa shape index (κ3) is 9.48. The van der Waals surface area contributed by atoms with Crippen LogP contribution in [0.15, 0.2) is 18.3 Å². The summed E-state index contributed by atoms with van der Waals surface area (Å²) in [5, 5.41) is 6.44. The summed E-state index contributed by atoms with van der Waals surface area (Å²) < 4.78 is 0. The van der Waals surface area contributed by atoms with Gasteiger partial charge in [0.2, 0.25) is 0 Å². The van der Waals surface area contributed by atoms with Crippen LogP contribution in [0.1, 0.15) is 61.0 Å². The van der Waals surface area contributed by atoms with E-state index >= 15 is 0 Å². The highest BCUT2D eigenvalue weighted by Gasteiger charge is 2.36. The minimum absolute atomic E-state index is 0.807. The molecule has 0 spiro atoms. The number of anilines is 1. The van der Waals surface area contributed by atoms with Gasteiger partial charge in [0.1, 0.15) is 5.82 Å². The predicted octanol–water partition coefficient (Wildman–Crippen LogP) is 6.23. The second kappa shape index (κ2) is 19.3. The molecule has 150 valence electrons. The standard InChI is InChI=1S/C13H14IN3S.4C2H6/c14-18-4-3-10-1-2-13(16-5-10)17-8-11-6-15-7-12(11)9-17;4*1-2/h1-2,5,11-12,15H,6-9H2;4*1-2H3. The molecule has 2 atom stereocenters. The smallest absolute Gasteiger partial charge is 0.128 e. The summed E-state index contributed by atoms with van der Waals surface area (Å²) >= 11 is 2.18. The van der Waals surface area contributed by atoms with Crippen LogP contribution in [0.25, 0.3) is 0 Å². The fraction of sp³-hybridized carbons (Fsp3) is 0.667. The molecule has 2 aliphatic heterocycles. The van der Waals surface area contributed by atoms with Gasteiger partial charge >= 0.3 is 0 Å². The lowest BCUT2D eigenvalue weighted by Crippen LogP contribution is -2.26. The summed E-state index contributed by atoms with van der Waals surface area (Å²) in [6.07, 6.45) is 1.88. The van der Waals surface area contributed by atoms with Gasteiger partial charge in [-0.1, -0.05) is 61.3 Å². The Bertz CT molecular complexity index is 470. The van der Waals surface area contributed by atoms with Crippen LogP contribution in [0.4, 0.5) is 5.82 Å². The molecule has 2 fully saturated rings. The van der Waals surface area contributed by atoms with Crippen LogP contribution < -0.4 is 10.2 Å². The second-order valence-electron chi connectivity index (χ2n) is 4.79. The van der Waals surface area contributed by atoms with Gasteiger partial charge in [0.25, 0.3) is 0 Å². The van der Waals surface area contributed by atoms with E-state index in [1.165, 1.54) is 8.93 Å². The van der Waals surface area contributed by atoms with E-state index in [4.69, 9.17) is 0 Å². The van der Waals surface area contributed by atoms with Gasteiger partial charge in [0, 0.05) is 59.1 Å². The molecule has 0 aliphatic carbocycles. The third-order valence-electron chi connectivity index (χ3n) is 3.70. The Balaban J connectivity index is 0. The fourth-order valence-electron chi connectivity index (χ4n) is 2.77. The molecular weight excluding hydrogens is 453 g/mol. The van der Waals surface area contributed by atoms with Gasteiger partial charge in [-0.3, -0.25) is 0 Å². The van der Waals surface area contributed by atoms with Gasteiger partial charge < -0.3 is 10.2 Å². The molecule has 3 nitrogen and oxygen atoms in total. The van der Waals surface area contributed by atoms with Crippen molar-refractivity contribution in [2.75, 3.05) is 31.1 Å². The van der Waals surface area contributed by atoms with Gasteiger partial charge in [0.15, 0.2) is 0 Å². The quantitative estimate of drug-likeness (QED) is 0.372. The molecule has 0 bridgehead atoms. The molecule has 2 aliphatic rings. The van der Waals surface area contributed by atoms with Crippen molar-refractivity contribution >= 4 is 36.0 Å². The molecule has 0 amide bonds. The Morgan fingerprint density at radius 3 is 1.96 bits per heavy atom. The Kier molecular flexibility index (Phi) is 20.6. The van der Waals surface area contributed by atoms with Crippen LogP contribution >= 0.6 is 30.1 Å². The lowest BCUT2D eigenvalue weighted by atomic mass is 10.0. The van der Waals surface area contributed by atoms with E-state index in [-0.39, 0.29) is 0 Å². The number of hydrogen-bond donors (Lipinski definition) is 1. The van der Waals surface area contributed by atoms with Gasteiger partial charge in [0.05, 0.1) is 0 Å². The van der Waals surface area contributed by atoms with Crippen molar-refractivity contribution in [1.82, 2.24) is 10.3 Å². The second-order valence-corrected chi connectivity index (χ2v) is 6.47. The summed E-state index contributed by atoms with van der Waals surface area (Å²) in [6.45, 7) is 20.6. The largest absolute Gasteiger partial charge is 0.356 e. The van der Waals surface area contributed by atoms with Crippen LogP contribution in [0.2, 0.25) is 0 Å². The molecule has 26 heavy (non-hydrogen) atoms. The molecule has 0 saturated carbocycles. The van der Waals surface area contributed by atoms with E-state index in [1.54, 1.807) is 0 Å². The van der Waals surface area contributed by atoms with Crippen LogP contribution in [-0.4, -0.2) is 31.2 Å². The normalized spacial score (nSPS) is 18.7. The average Bonchev–Trinajstić information content (AvgIpc) is 3.35. The number of rotatable bonds is 1. The molecular formula is C21H38IN3S. The molecule has 5 heteroatoms. The molecule has 1 aromatic rings. The average molecular weight is 492 g/mol. The Morgan fingerprint density at radius 2 is 1.54 bits per heavy atom. The fourth-order valence-corrected chi connectivity index (χ4v) is 3.25. The Morgan fingerprint density at radius 1 is 1.00 bits per heavy atom. The van der Waals surface area contributed by atoms with Gasteiger partial charge in [-0.2, -0.15) is 0 Å². The van der Waals surface area contributed by atoms with Crippen LogP contribution in [-0.2, 0) is 0 Å². The molecule has 3 heterocycles. The highest BCUT2D eigenvalue weighted by Crippen LogP contribution is 2.29. The van der Waals surface area contributed by atoms with Gasteiger partial charge in [-0.05, 0) is 38.2 Å². The zero-order chi connectivity index (χ0) is 20.4. The van der Waals surface area contributed by atoms with Crippen molar-refractivity contribution in [2.45, 2.75) is 55.4 Å². The van der Waals surface area contributed by atoms with Crippen molar-refractivity contribution in [3.63, 3.8) is 0 Å². The number of halogens is 1. The molecule has 2 saturated heterocycles. The maximum Gasteiger partial charge on any atom is 0.128 e. The van der Waals surface area contributed by atoms with Crippen molar-refractivity contribution in [3.05, 3.63) is 23.9 Å². The van der Waals surface area contributed by atoms with Crippen molar-refractivity contribution < 1.29 is 0 Å². The van der Waals surface area contributed by atoms with Crippen LogP contribution in [0, 0.1) is 23.0 Å². The first-order chi connectivity index (χ1) is 12.9. The summed E-state index contributed by atoms with van der Waals surface area (Å²) in [6, 6.07) is 4.16. The molecule has 1 N–H and O–H groups in total. The zero-order valence-electron chi connectivity index (χ0n) is 17.9. The number of nitrogens with one attached hydrogen (secondary N) is 1. The van der Waals surface area contributed by atoms with E-state index in [0.717, 1.165) is 49.4 Å². The summed E-state index contributed by atoms with van der Waals surface area (Å²) in [5.74, 6) is 5.78. The van der Waals surface area contributed by atoms with E-state index in [1.807, 2.05) is 61.6 Å². The van der Waals surface area contributed by atoms with Crippen molar-refractivity contribution in [2.24, 2.45) is 11.8 Å². The molecule has 3 rings (SSSR count). The number of fused-ring (bicyclic) bond motifs is 1. The Labute approximate surface area is 179 Å². The highest BCUT2D eigenvalue weighted by atomic mass is 127. The van der Waals surface area contributed by atoms with E-state index < -0.39 is 0 Å². The highest BCUT2D eigenvalue weighted by molar-refractivity contribution is 14.2. The van der Waals surface area contributed by atoms with E-state index in [2.05, 4.69) is 59.7 Å². The third-order valence-corrected chi connectivity index (χ3v) is 4.54. The number of pyridine rings is 1. The minimum atomic E-state index is 0.807. The lowest BCUT2D eigenvalue weighted by Gasteiger charge is -2.18. The SMILES string of the molecule is CC.CC.CC.CC.ISC#Cc1ccc(N2CC3CNCC3C2)nc1. The molecule has 0 radical (unpaired) electrons. The van der Waals surface area contributed by atoms with Crippen molar-refractivity contribution in [3.8, 4) is 11.2 Å². The van der Waals surface area contributed by atoms with Gasteiger partial charge in [-0.15, -0.1) is 0 Å². The molecule has 2 unspecified atom stereocenters. The molecule has 1 aromatic heterocycles. The first-order valence-corrected chi connectivity index (χ1v) is 13.4. The van der Waals surface area contributed by atoms with Crippen LogP contribution in [0.5, 0.6) is 0 Å².